The highest BCUT2D eigenvalue weighted by Gasteiger charge is 2.49. The average Bonchev–Trinajstić information content (AvgIpc) is 2.03. The van der Waals surface area contributed by atoms with Crippen LogP contribution in [0.4, 0.5) is 8.78 Å². The summed E-state index contributed by atoms with van der Waals surface area (Å²) in [6.45, 7) is 2.56. The van der Waals surface area contributed by atoms with E-state index in [1.165, 1.54) is 21.0 Å². The largest absolute Gasteiger partial charge is 0.477 e. The van der Waals surface area contributed by atoms with Crippen LogP contribution in [-0.4, -0.2) is 37.0 Å². The predicted octanol–water partition coefficient (Wildman–Crippen LogP) is 1.35. The van der Waals surface area contributed by atoms with Crippen molar-refractivity contribution < 1.29 is 28.2 Å². The molecule has 0 spiro atoms. The number of carboxylic acids is 1. The summed E-state index contributed by atoms with van der Waals surface area (Å²) in [5.41, 5.74) is 0. The molecule has 0 saturated carbocycles. The van der Waals surface area contributed by atoms with Gasteiger partial charge in [-0.05, 0) is 5.92 Å². The normalized spacial score (nSPS) is 14.4. The number of methoxy groups -OCH3 is 1. The van der Waals surface area contributed by atoms with Crippen molar-refractivity contribution in [3.8, 4) is 0 Å². The molecule has 0 bridgehead atoms. The van der Waals surface area contributed by atoms with Crippen molar-refractivity contribution >= 4 is 5.97 Å². The summed E-state index contributed by atoms with van der Waals surface area (Å²) in [6, 6.07) is 0. The Morgan fingerprint density at radius 2 is 2.00 bits per heavy atom. The number of aliphatic carboxylic acids is 1. The van der Waals surface area contributed by atoms with Gasteiger partial charge in [0.2, 0.25) is 0 Å². The molecule has 0 aromatic heterocycles. The summed E-state index contributed by atoms with van der Waals surface area (Å²) in [5, 5.41) is 8.29. The van der Waals surface area contributed by atoms with Gasteiger partial charge < -0.3 is 14.6 Å². The molecule has 1 atom stereocenters. The van der Waals surface area contributed by atoms with Crippen LogP contribution in [0, 0.1) is 5.92 Å². The maximum atomic E-state index is 13.0. The van der Waals surface area contributed by atoms with Crippen LogP contribution < -0.4 is 0 Å². The molecule has 0 heterocycles. The van der Waals surface area contributed by atoms with E-state index < -0.39 is 23.9 Å². The van der Waals surface area contributed by atoms with E-state index in [4.69, 9.17) is 5.11 Å². The molecule has 0 aliphatic rings. The Balaban J connectivity index is 4.55. The van der Waals surface area contributed by atoms with E-state index in [1.807, 2.05) is 0 Å². The first-order chi connectivity index (χ1) is 6.34. The Morgan fingerprint density at radius 1 is 1.50 bits per heavy atom. The molecule has 0 aromatic rings. The van der Waals surface area contributed by atoms with Crippen LogP contribution in [0.15, 0.2) is 0 Å². The minimum Gasteiger partial charge on any atom is -0.477 e. The van der Waals surface area contributed by atoms with E-state index in [0.717, 1.165) is 0 Å². The Labute approximate surface area is 80.8 Å². The third-order valence-electron chi connectivity index (χ3n) is 1.61. The van der Waals surface area contributed by atoms with E-state index in [9.17, 15) is 13.6 Å². The molecular formula is C8H14F2O4. The Hall–Kier alpha value is -0.750. The van der Waals surface area contributed by atoms with Gasteiger partial charge in [0.25, 0.3) is 0 Å². The number of alkyl halides is 2. The first kappa shape index (κ1) is 13.2. The first-order valence-electron chi connectivity index (χ1n) is 4.05. The lowest BCUT2D eigenvalue weighted by atomic mass is 10.0. The molecule has 1 unspecified atom stereocenters. The molecule has 0 saturated heterocycles. The van der Waals surface area contributed by atoms with Crippen molar-refractivity contribution in [3.63, 3.8) is 0 Å². The molecular weight excluding hydrogens is 198 g/mol. The maximum Gasteiger partial charge on any atom is 0.377 e. The Morgan fingerprint density at radius 3 is 2.29 bits per heavy atom. The summed E-state index contributed by atoms with van der Waals surface area (Å²) in [5.74, 6) is -6.70. The van der Waals surface area contributed by atoms with E-state index >= 15 is 0 Å². The van der Waals surface area contributed by atoms with E-state index in [1.54, 1.807) is 0 Å². The number of hydrogen-bond acceptors (Lipinski definition) is 3. The van der Waals surface area contributed by atoms with Crippen LogP contribution >= 0.6 is 0 Å². The quantitative estimate of drug-likeness (QED) is 0.675. The van der Waals surface area contributed by atoms with Crippen molar-refractivity contribution in [2.75, 3.05) is 13.9 Å². The number of carbonyl (C=O) groups is 1. The van der Waals surface area contributed by atoms with Crippen molar-refractivity contribution in [2.24, 2.45) is 5.92 Å². The fourth-order valence-electron chi connectivity index (χ4n) is 0.979. The lowest BCUT2D eigenvalue weighted by molar-refractivity contribution is -0.209. The van der Waals surface area contributed by atoms with Crippen molar-refractivity contribution in [2.45, 2.75) is 25.9 Å². The highest BCUT2D eigenvalue weighted by molar-refractivity contribution is 5.76. The smallest absolute Gasteiger partial charge is 0.377 e. The second-order valence-electron chi connectivity index (χ2n) is 3.17. The molecule has 0 aliphatic heterocycles. The van der Waals surface area contributed by atoms with Crippen LogP contribution in [0.1, 0.15) is 13.8 Å². The molecule has 84 valence electrons. The van der Waals surface area contributed by atoms with Gasteiger partial charge in [-0.2, -0.15) is 8.78 Å². The van der Waals surface area contributed by atoms with Gasteiger partial charge >= 0.3 is 11.9 Å². The molecule has 0 aromatic carbocycles. The number of halogens is 2. The number of ether oxygens (including phenoxy) is 2. The third-order valence-corrected chi connectivity index (χ3v) is 1.61. The van der Waals surface area contributed by atoms with Crippen LogP contribution in [0.2, 0.25) is 0 Å². The van der Waals surface area contributed by atoms with Gasteiger partial charge in [0.15, 0.2) is 0 Å². The molecule has 14 heavy (non-hydrogen) atoms. The van der Waals surface area contributed by atoms with Gasteiger partial charge in [0.1, 0.15) is 12.9 Å². The van der Waals surface area contributed by atoms with Crippen LogP contribution in [0.5, 0.6) is 0 Å². The Kier molecular flexibility index (Phi) is 4.93. The second-order valence-corrected chi connectivity index (χ2v) is 3.17. The van der Waals surface area contributed by atoms with Gasteiger partial charge in [-0.3, -0.25) is 0 Å². The van der Waals surface area contributed by atoms with E-state index in [-0.39, 0.29) is 6.79 Å². The standard InChI is InChI=1S/C8H14F2O4/c1-5(2)6(14-4-13-3)8(9,10)7(11)12/h5-6H,4H2,1-3H3,(H,11,12). The zero-order valence-corrected chi connectivity index (χ0v) is 8.29. The predicted molar refractivity (Wildman–Crippen MR) is 44.2 cm³/mol. The summed E-state index contributed by atoms with van der Waals surface area (Å²) < 4.78 is 35.1. The van der Waals surface area contributed by atoms with E-state index in [2.05, 4.69) is 9.47 Å². The molecule has 0 fully saturated rings. The highest BCUT2D eigenvalue weighted by atomic mass is 19.3. The Bertz CT molecular complexity index is 194. The molecule has 0 radical (unpaired) electrons. The summed E-state index contributed by atoms with van der Waals surface area (Å²) in [4.78, 5) is 10.3. The first-order valence-corrected chi connectivity index (χ1v) is 4.05. The fourth-order valence-corrected chi connectivity index (χ4v) is 0.979. The van der Waals surface area contributed by atoms with Crippen molar-refractivity contribution in [1.29, 1.82) is 0 Å². The van der Waals surface area contributed by atoms with Crippen molar-refractivity contribution in [1.82, 2.24) is 0 Å². The monoisotopic (exact) mass is 212 g/mol. The molecule has 0 aliphatic carbocycles. The van der Waals surface area contributed by atoms with Crippen LogP contribution in [0.3, 0.4) is 0 Å². The average molecular weight is 212 g/mol. The summed E-state index contributed by atoms with van der Waals surface area (Å²) >= 11 is 0. The second kappa shape index (κ2) is 5.21. The third kappa shape index (κ3) is 3.19. The molecule has 6 heteroatoms. The van der Waals surface area contributed by atoms with Crippen molar-refractivity contribution in [3.05, 3.63) is 0 Å². The van der Waals surface area contributed by atoms with Gasteiger partial charge in [-0.15, -0.1) is 0 Å². The molecule has 0 amide bonds. The van der Waals surface area contributed by atoms with Crippen LogP contribution in [0.25, 0.3) is 0 Å². The molecule has 4 nitrogen and oxygen atoms in total. The fraction of sp³-hybridized carbons (Fsp3) is 0.875. The van der Waals surface area contributed by atoms with Crippen LogP contribution in [-0.2, 0) is 14.3 Å². The zero-order chi connectivity index (χ0) is 11.4. The lowest BCUT2D eigenvalue weighted by Crippen LogP contribution is -2.46. The number of hydrogen-bond donors (Lipinski definition) is 1. The lowest BCUT2D eigenvalue weighted by Gasteiger charge is -2.26. The summed E-state index contributed by atoms with van der Waals surface area (Å²) in [7, 11) is 1.27. The van der Waals surface area contributed by atoms with Gasteiger partial charge in [0, 0.05) is 7.11 Å². The molecule has 1 N–H and O–H groups in total. The highest BCUT2D eigenvalue weighted by Crippen LogP contribution is 2.27. The zero-order valence-electron chi connectivity index (χ0n) is 8.29. The SMILES string of the molecule is COCOC(C(C)C)C(F)(F)C(=O)O. The van der Waals surface area contributed by atoms with Gasteiger partial charge in [-0.1, -0.05) is 13.8 Å². The van der Waals surface area contributed by atoms with E-state index in [0.29, 0.717) is 0 Å². The maximum absolute atomic E-state index is 13.0. The minimum atomic E-state index is -3.90. The number of rotatable bonds is 6. The number of carboxylic acid groups (broad SMARTS) is 1. The van der Waals surface area contributed by atoms with Gasteiger partial charge in [-0.25, -0.2) is 4.79 Å². The topological polar surface area (TPSA) is 55.8 Å². The summed E-state index contributed by atoms with van der Waals surface area (Å²) in [6.07, 6.45) is -1.68. The minimum absolute atomic E-state index is 0.355. The molecule has 0 rings (SSSR count). The van der Waals surface area contributed by atoms with Gasteiger partial charge in [0.05, 0.1) is 0 Å².